The third kappa shape index (κ3) is 3.71. The van der Waals surface area contributed by atoms with Crippen LogP contribution in [-0.4, -0.2) is 16.8 Å². The van der Waals surface area contributed by atoms with E-state index >= 15 is 0 Å². The van der Waals surface area contributed by atoms with Gasteiger partial charge >= 0.3 is 12.2 Å². The molecule has 1 aliphatic heterocycles. The van der Waals surface area contributed by atoms with Crippen molar-refractivity contribution in [3.8, 4) is 0 Å². The van der Waals surface area contributed by atoms with Gasteiger partial charge in [-0.2, -0.15) is 13.2 Å². The zero-order valence-electron chi connectivity index (χ0n) is 10.7. The number of nitrogens with zero attached hydrogens (tertiary/aromatic N) is 1. The first-order chi connectivity index (χ1) is 9.88. The number of halogens is 3. The highest BCUT2D eigenvalue weighted by molar-refractivity contribution is 6.02. The van der Waals surface area contributed by atoms with E-state index in [-0.39, 0.29) is 12.1 Å². The summed E-state index contributed by atoms with van der Waals surface area (Å²) in [5.74, 6) is -0.426. The maximum Gasteiger partial charge on any atom is 0.416 e. The number of rotatable bonds is 1. The van der Waals surface area contributed by atoms with Crippen LogP contribution >= 0.6 is 0 Å². The molecule has 1 aromatic rings. The molecule has 0 atom stereocenters. The molecule has 0 fully saturated rings. The fourth-order valence-corrected chi connectivity index (χ4v) is 1.67. The molecule has 4 nitrogen and oxygen atoms in total. The van der Waals surface area contributed by atoms with Crippen LogP contribution in [0.5, 0.6) is 0 Å². The van der Waals surface area contributed by atoms with Gasteiger partial charge < -0.3 is 5.32 Å². The summed E-state index contributed by atoms with van der Waals surface area (Å²) >= 11 is 0. The van der Waals surface area contributed by atoms with Gasteiger partial charge in [0.05, 0.1) is 5.56 Å². The average molecular weight is 296 g/mol. The second kappa shape index (κ2) is 5.82. The van der Waals surface area contributed by atoms with Crippen molar-refractivity contribution in [2.24, 2.45) is 0 Å². The Morgan fingerprint density at radius 3 is 2.43 bits per heavy atom. The number of urea groups is 1. The molecule has 0 aliphatic carbocycles. The maximum absolute atomic E-state index is 12.4. The number of hydrogen-bond acceptors (Lipinski definition) is 2. The Bertz CT molecular complexity index is 604. The van der Waals surface area contributed by atoms with Crippen LogP contribution in [0.3, 0.4) is 0 Å². The minimum atomic E-state index is -4.43. The van der Waals surface area contributed by atoms with Crippen molar-refractivity contribution in [1.29, 1.82) is 0 Å². The minimum absolute atomic E-state index is 0.0768. The van der Waals surface area contributed by atoms with E-state index in [2.05, 4.69) is 5.32 Å². The summed E-state index contributed by atoms with van der Waals surface area (Å²) in [6.07, 6.45) is 1.70. The van der Waals surface area contributed by atoms with Gasteiger partial charge in [0.25, 0.3) is 0 Å². The Morgan fingerprint density at radius 2 is 1.81 bits per heavy atom. The lowest BCUT2D eigenvalue weighted by Crippen LogP contribution is -2.35. The van der Waals surface area contributed by atoms with Crippen molar-refractivity contribution < 1.29 is 22.8 Å². The maximum atomic E-state index is 12.4. The molecular formula is C14H11F3N2O2. The second-order valence-electron chi connectivity index (χ2n) is 4.24. The number of alkyl halides is 3. The third-order valence-electron chi connectivity index (χ3n) is 2.73. The van der Waals surface area contributed by atoms with Crippen molar-refractivity contribution in [2.75, 3.05) is 5.32 Å². The number of anilines is 1. The number of allylic oxidation sites excluding steroid dienone is 2. The van der Waals surface area contributed by atoms with Gasteiger partial charge in [-0.1, -0.05) is 12.2 Å². The van der Waals surface area contributed by atoms with Gasteiger partial charge in [0.1, 0.15) is 0 Å². The van der Waals surface area contributed by atoms with Gasteiger partial charge in [-0.15, -0.1) is 0 Å². The highest BCUT2D eigenvalue weighted by atomic mass is 19.4. The summed E-state index contributed by atoms with van der Waals surface area (Å²) in [4.78, 5) is 24.4. The first-order valence-corrected chi connectivity index (χ1v) is 6.01. The fourth-order valence-electron chi connectivity index (χ4n) is 1.67. The standard InChI is InChI=1S/C14H11F3N2O2/c15-14(16,17)10-5-7-11(8-6-10)18-13(21)19-9-3-1-2-4-12(19)20/h1-3,5-9H,4H2,(H,18,21). The zero-order chi connectivity index (χ0) is 15.5. The van der Waals surface area contributed by atoms with E-state index in [4.69, 9.17) is 0 Å². The van der Waals surface area contributed by atoms with E-state index < -0.39 is 23.7 Å². The summed E-state index contributed by atoms with van der Waals surface area (Å²) in [5, 5.41) is 2.37. The van der Waals surface area contributed by atoms with Crippen LogP contribution in [0.2, 0.25) is 0 Å². The number of nitrogens with one attached hydrogen (secondary N) is 1. The van der Waals surface area contributed by atoms with Gasteiger partial charge in [-0.3, -0.25) is 4.79 Å². The fraction of sp³-hybridized carbons (Fsp3) is 0.143. The number of hydrogen-bond donors (Lipinski definition) is 1. The summed E-state index contributed by atoms with van der Waals surface area (Å²) in [6, 6.07) is 3.25. The molecule has 0 unspecified atom stereocenters. The van der Waals surface area contributed by atoms with Crippen molar-refractivity contribution in [2.45, 2.75) is 12.6 Å². The van der Waals surface area contributed by atoms with Crippen LogP contribution in [0.15, 0.2) is 48.7 Å². The first kappa shape index (κ1) is 14.8. The molecule has 0 spiro atoms. The monoisotopic (exact) mass is 296 g/mol. The van der Waals surface area contributed by atoms with Crippen LogP contribution in [0.4, 0.5) is 23.7 Å². The topological polar surface area (TPSA) is 49.4 Å². The average Bonchev–Trinajstić information content (AvgIpc) is 2.63. The molecule has 1 aliphatic rings. The molecular weight excluding hydrogens is 285 g/mol. The lowest BCUT2D eigenvalue weighted by Gasteiger charge is -2.16. The number of carbonyl (C=O) groups is 2. The van der Waals surface area contributed by atoms with Gasteiger partial charge in [0.15, 0.2) is 0 Å². The Hall–Kier alpha value is -2.57. The summed E-state index contributed by atoms with van der Waals surface area (Å²) in [7, 11) is 0. The summed E-state index contributed by atoms with van der Waals surface area (Å²) in [5.41, 5.74) is -0.637. The Morgan fingerprint density at radius 1 is 1.14 bits per heavy atom. The Labute approximate surface area is 118 Å². The van der Waals surface area contributed by atoms with Crippen molar-refractivity contribution >= 4 is 17.6 Å². The Balaban J connectivity index is 2.07. The lowest BCUT2D eigenvalue weighted by molar-refractivity contribution is -0.137. The number of benzene rings is 1. The molecule has 1 N–H and O–H groups in total. The largest absolute Gasteiger partial charge is 0.416 e. The molecule has 1 aromatic carbocycles. The van der Waals surface area contributed by atoms with Gasteiger partial charge in [-0.25, -0.2) is 9.69 Å². The van der Waals surface area contributed by atoms with E-state index in [0.29, 0.717) is 0 Å². The predicted octanol–water partition coefficient (Wildman–Crippen LogP) is 3.54. The molecule has 0 saturated carbocycles. The highest BCUT2D eigenvalue weighted by Gasteiger charge is 2.30. The van der Waals surface area contributed by atoms with Gasteiger partial charge in [0, 0.05) is 18.3 Å². The van der Waals surface area contributed by atoms with Crippen LogP contribution in [-0.2, 0) is 11.0 Å². The molecule has 21 heavy (non-hydrogen) atoms. The van der Waals surface area contributed by atoms with E-state index in [1.165, 1.54) is 12.3 Å². The van der Waals surface area contributed by atoms with E-state index in [0.717, 1.165) is 29.2 Å². The lowest BCUT2D eigenvalue weighted by atomic mass is 10.2. The third-order valence-corrected chi connectivity index (χ3v) is 2.73. The number of amides is 3. The molecule has 1 heterocycles. The van der Waals surface area contributed by atoms with Gasteiger partial charge in [-0.05, 0) is 30.3 Å². The smallest absolute Gasteiger partial charge is 0.307 e. The highest BCUT2D eigenvalue weighted by Crippen LogP contribution is 2.29. The van der Waals surface area contributed by atoms with Crippen molar-refractivity contribution in [1.82, 2.24) is 4.90 Å². The normalized spacial score (nSPS) is 15.0. The number of carbonyl (C=O) groups excluding carboxylic acids is 2. The summed E-state index contributed by atoms with van der Waals surface area (Å²) < 4.78 is 37.2. The zero-order valence-corrected chi connectivity index (χ0v) is 10.7. The Kier molecular flexibility index (Phi) is 4.11. The minimum Gasteiger partial charge on any atom is -0.307 e. The van der Waals surface area contributed by atoms with Crippen LogP contribution in [0.1, 0.15) is 12.0 Å². The molecule has 0 radical (unpaired) electrons. The molecule has 7 heteroatoms. The quantitative estimate of drug-likeness (QED) is 0.861. The number of imide groups is 1. The molecule has 0 bridgehead atoms. The SMILES string of the molecule is O=C1CC=CC=CN1C(=O)Nc1ccc(C(F)(F)F)cc1. The first-order valence-electron chi connectivity index (χ1n) is 6.01. The predicted molar refractivity (Wildman–Crippen MR) is 70.2 cm³/mol. The second-order valence-corrected chi connectivity index (χ2v) is 4.24. The van der Waals surface area contributed by atoms with E-state index in [1.54, 1.807) is 12.2 Å². The van der Waals surface area contributed by atoms with Gasteiger partial charge in [0.2, 0.25) is 5.91 Å². The van der Waals surface area contributed by atoms with E-state index in [1.807, 2.05) is 0 Å². The van der Waals surface area contributed by atoms with Crippen LogP contribution in [0.25, 0.3) is 0 Å². The molecule has 2 rings (SSSR count). The van der Waals surface area contributed by atoms with E-state index in [9.17, 15) is 22.8 Å². The van der Waals surface area contributed by atoms with Crippen LogP contribution in [0, 0.1) is 0 Å². The molecule has 3 amide bonds. The molecule has 110 valence electrons. The summed E-state index contributed by atoms with van der Waals surface area (Å²) in [6.45, 7) is 0. The van der Waals surface area contributed by atoms with Crippen LogP contribution < -0.4 is 5.32 Å². The molecule has 0 saturated heterocycles. The molecule has 0 aromatic heterocycles. The van der Waals surface area contributed by atoms with Crippen molar-refractivity contribution in [3.05, 3.63) is 54.3 Å². The van der Waals surface area contributed by atoms with Crippen molar-refractivity contribution in [3.63, 3.8) is 0 Å².